The number of nitrogens with zero attached hydrogens (tertiary/aromatic N) is 3. The largest absolute Gasteiger partial charge is 0.355 e. The van der Waals surface area contributed by atoms with E-state index in [-0.39, 0.29) is 17.7 Å². The van der Waals surface area contributed by atoms with Crippen molar-refractivity contribution >= 4 is 40.6 Å². The minimum Gasteiger partial charge on any atom is -0.355 e. The number of aromatic nitrogens is 2. The van der Waals surface area contributed by atoms with Crippen molar-refractivity contribution in [3.8, 4) is 5.69 Å². The Bertz CT molecular complexity index is 1120. The highest BCUT2D eigenvalue weighted by molar-refractivity contribution is 6.33. The maximum atomic E-state index is 12.8. The van der Waals surface area contributed by atoms with Gasteiger partial charge in [0, 0.05) is 25.9 Å². The Morgan fingerprint density at radius 2 is 1.66 bits per heavy atom. The van der Waals surface area contributed by atoms with Gasteiger partial charge in [0.15, 0.2) is 5.82 Å². The molecule has 0 atom stereocenters. The monoisotopic (exact) mass is 451 g/mol. The fourth-order valence-corrected chi connectivity index (χ4v) is 4.21. The van der Waals surface area contributed by atoms with Crippen LogP contribution in [0.4, 0.5) is 17.2 Å². The van der Waals surface area contributed by atoms with Crippen LogP contribution in [-0.4, -0.2) is 34.7 Å². The summed E-state index contributed by atoms with van der Waals surface area (Å²) in [6.45, 7) is 4.72. The molecule has 32 heavy (non-hydrogen) atoms. The van der Waals surface area contributed by atoms with E-state index in [9.17, 15) is 9.59 Å². The fourth-order valence-electron chi connectivity index (χ4n) is 4.03. The molecule has 1 saturated heterocycles. The zero-order valence-electron chi connectivity index (χ0n) is 18.1. The van der Waals surface area contributed by atoms with Gasteiger partial charge in [-0.15, -0.1) is 0 Å². The van der Waals surface area contributed by atoms with E-state index in [1.54, 1.807) is 12.1 Å². The number of carbonyl (C=O) groups excluding carboxylic acids is 2. The van der Waals surface area contributed by atoms with Crippen molar-refractivity contribution in [2.75, 3.05) is 28.6 Å². The van der Waals surface area contributed by atoms with Gasteiger partial charge < -0.3 is 15.5 Å². The molecule has 2 heterocycles. The number of para-hydroxylation sites is 2. The predicted octanol–water partition coefficient (Wildman–Crippen LogP) is 4.65. The van der Waals surface area contributed by atoms with Gasteiger partial charge in [0.05, 0.1) is 22.1 Å². The fraction of sp³-hybridized carbons (Fsp3) is 0.292. The van der Waals surface area contributed by atoms with Crippen molar-refractivity contribution in [1.82, 2.24) is 9.78 Å². The van der Waals surface area contributed by atoms with Crippen LogP contribution >= 0.6 is 11.6 Å². The first kappa shape index (κ1) is 21.9. The molecule has 2 N–H and O–H groups in total. The summed E-state index contributed by atoms with van der Waals surface area (Å²) in [5.74, 6) is 0.568. The number of nitrogens with one attached hydrogen (secondary N) is 2. The summed E-state index contributed by atoms with van der Waals surface area (Å²) in [5, 5.41) is 11.1. The Kier molecular flexibility index (Phi) is 6.46. The summed E-state index contributed by atoms with van der Waals surface area (Å²) in [6.07, 6.45) is 1.38. The molecule has 0 bridgehead atoms. The van der Waals surface area contributed by atoms with E-state index >= 15 is 0 Å². The molecule has 2 amide bonds. The molecule has 0 radical (unpaired) electrons. The Morgan fingerprint density at radius 1 is 1.00 bits per heavy atom. The van der Waals surface area contributed by atoms with Gasteiger partial charge in [0.2, 0.25) is 11.8 Å². The molecule has 2 aromatic carbocycles. The lowest BCUT2D eigenvalue weighted by molar-refractivity contribution is -0.120. The van der Waals surface area contributed by atoms with Crippen LogP contribution in [0.1, 0.15) is 25.5 Å². The van der Waals surface area contributed by atoms with E-state index in [4.69, 9.17) is 16.7 Å². The lowest BCUT2D eigenvalue weighted by atomic mass is 9.95. The number of rotatable bonds is 5. The van der Waals surface area contributed by atoms with Crippen molar-refractivity contribution in [1.29, 1.82) is 0 Å². The first-order valence-corrected chi connectivity index (χ1v) is 11.0. The quantitative estimate of drug-likeness (QED) is 0.591. The van der Waals surface area contributed by atoms with Crippen molar-refractivity contribution in [3.05, 3.63) is 65.3 Å². The first-order valence-electron chi connectivity index (χ1n) is 10.7. The Balaban J connectivity index is 1.54. The molecule has 0 saturated carbocycles. The zero-order valence-corrected chi connectivity index (χ0v) is 18.9. The molecule has 3 aromatic rings. The molecule has 1 aliphatic rings. The summed E-state index contributed by atoms with van der Waals surface area (Å²) in [7, 11) is 0. The number of hydrogen-bond acceptors (Lipinski definition) is 4. The minimum absolute atomic E-state index is 0.0208. The van der Waals surface area contributed by atoms with Crippen LogP contribution < -0.4 is 15.5 Å². The molecule has 1 fully saturated rings. The number of aryl methyl sites for hydroxylation is 1. The van der Waals surface area contributed by atoms with Gasteiger partial charge in [0.25, 0.3) is 0 Å². The minimum atomic E-state index is -0.143. The van der Waals surface area contributed by atoms with Crippen LogP contribution in [0.15, 0.2) is 54.6 Å². The molecule has 1 aromatic heterocycles. The van der Waals surface area contributed by atoms with Gasteiger partial charge in [-0.25, -0.2) is 4.68 Å². The number of halogens is 1. The number of piperidine rings is 1. The average molecular weight is 452 g/mol. The second-order valence-corrected chi connectivity index (χ2v) is 8.35. The number of anilines is 3. The van der Waals surface area contributed by atoms with Crippen molar-refractivity contribution in [2.45, 2.75) is 26.7 Å². The van der Waals surface area contributed by atoms with E-state index < -0.39 is 0 Å². The van der Waals surface area contributed by atoms with Crippen molar-refractivity contribution in [2.24, 2.45) is 5.92 Å². The standard InChI is InChI=1S/C24H26ClN5O2/c1-16-22(26-17(2)31)24(30(28-16)19-8-4-3-5-9-19)29-14-12-18(13-15-29)23(32)27-21-11-7-6-10-20(21)25/h3-11,18H,12-15H2,1-2H3,(H,26,31)(H,27,32). The lowest BCUT2D eigenvalue weighted by Crippen LogP contribution is -2.39. The zero-order chi connectivity index (χ0) is 22.7. The normalized spacial score (nSPS) is 14.3. The van der Waals surface area contributed by atoms with Crippen LogP contribution in [0.2, 0.25) is 5.02 Å². The molecule has 8 heteroatoms. The van der Waals surface area contributed by atoms with Crippen LogP contribution in [0, 0.1) is 12.8 Å². The Labute approximate surface area is 192 Å². The maximum Gasteiger partial charge on any atom is 0.227 e. The third-order valence-corrected chi connectivity index (χ3v) is 5.96. The topological polar surface area (TPSA) is 79.3 Å². The first-order chi connectivity index (χ1) is 15.4. The van der Waals surface area contributed by atoms with E-state index in [1.807, 2.05) is 54.1 Å². The highest BCUT2D eigenvalue weighted by Crippen LogP contribution is 2.35. The molecular weight excluding hydrogens is 426 g/mol. The molecule has 7 nitrogen and oxygen atoms in total. The van der Waals surface area contributed by atoms with Crippen LogP contribution in [0.25, 0.3) is 5.69 Å². The molecular formula is C24H26ClN5O2. The van der Waals surface area contributed by atoms with Gasteiger partial charge in [-0.3, -0.25) is 9.59 Å². The van der Waals surface area contributed by atoms with Crippen molar-refractivity contribution in [3.63, 3.8) is 0 Å². The molecule has 4 rings (SSSR count). The summed E-state index contributed by atoms with van der Waals surface area (Å²) >= 11 is 6.18. The summed E-state index contributed by atoms with van der Waals surface area (Å²) in [5.41, 5.74) is 3.01. The Morgan fingerprint density at radius 3 is 2.31 bits per heavy atom. The van der Waals surface area contributed by atoms with Gasteiger partial charge in [-0.1, -0.05) is 41.9 Å². The smallest absolute Gasteiger partial charge is 0.227 e. The molecule has 0 aliphatic carbocycles. The number of carbonyl (C=O) groups is 2. The number of hydrogen-bond donors (Lipinski definition) is 2. The molecule has 0 unspecified atom stereocenters. The molecule has 166 valence electrons. The third kappa shape index (κ3) is 4.62. The third-order valence-electron chi connectivity index (χ3n) is 5.63. The van der Waals surface area contributed by atoms with Gasteiger partial charge >= 0.3 is 0 Å². The van der Waals surface area contributed by atoms with Crippen LogP contribution in [0.3, 0.4) is 0 Å². The average Bonchev–Trinajstić information content (AvgIpc) is 3.11. The number of amides is 2. The highest BCUT2D eigenvalue weighted by Gasteiger charge is 2.30. The SMILES string of the molecule is CC(=O)Nc1c(C)nn(-c2ccccc2)c1N1CCC(C(=O)Nc2ccccc2Cl)CC1. The Hall–Kier alpha value is -3.32. The predicted molar refractivity (Wildman–Crippen MR) is 128 cm³/mol. The van der Waals surface area contributed by atoms with E-state index in [0.717, 1.165) is 17.2 Å². The van der Waals surface area contributed by atoms with Gasteiger partial charge in [0.1, 0.15) is 5.69 Å². The van der Waals surface area contributed by atoms with Crippen LogP contribution in [-0.2, 0) is 9.59 Å². The lowest BCUT2D eigenvalue weighted by Gasteiger charge is -2.33. The van der Waals surface area contributed by atoms with Gasteiger partial charge in [-0.2, -0.15) is 5.10 Å². The van der Waals surface area contributed by atoms with E-state index in [1.165, 1.54) is 6.92 Å². The molecule has 1 aliphatic heterocycles. The van der Waals surface area contributed by atoms with E-state index in [0.29, 0.717) is 42.3 Å². The second kappa shape index (κ2) is 9.44. The highest BCUT2D eigenvalue weighted by atomic mass is 35.5. The maximum absolute atomic E-state index is 12.8. The molecule has 0 spiro atoms. The summed E-state index contributed by atoms with van der Waals surface area (Å²) in [4.78, 5) is 26.9. The number of benzene rings is 2. The van der Waals surface area contributed by atoms with Crippen LogP contribution in [0.5, 0.6) is 0 Å². The van der Waals surface area contributed by atoms with E-state index in [2.05, 4.69) is 15.5 Å². The van der Waals surface area contributed by atoms with Crippen molar-refractivity contribution < 1.29 is 9.59 Å². The second-order valence-electron chi connectivity index (χ2n) is 7.94. The summed E-state index contributed by atoms with van der Waals surface area (Å²) in [6, 6.07) is 17.1. The summed E-state index contributed by atoms with van der Waals surface area (Å²) < 4.78 is 1.87. The van der Waals surface area contributed by atoms with Gasteiger partial charge in [-0.05, 0) is 44.0 Å².